The molecule has 0 fully saturated rings. The fourth-order valence-corrected chi connectivity index (χ4v) is 1.09. The van der Waals surface area contributed by atoms with Gasteiger partial charge in [-0.3, -0.25) is 0 Å². The van der Waals surface area contributed by atoms with E-state index in [-0.39, 0.29) is 12.6 Å². The second-order valence-electron chi connectivity index (χ2n) is 2.94. The molecule has 0 radical (unpaired) electrons. The molecule has 0 aliphatic rings. The molecule has 0 aliphatic heterocycles. The summed E-state index contributed by atoms with van der Waals surface area (Å²) in [5.41, 5.74) is 1.80. The van der Waals surface area contributed by atoms with Crippen molar-refractivity contribution in [2.75, 3.05) is 6.61 Å². The predicted octanol–water partition coefficient (Wildman–Crippen LogP) is 2.59. The molecule has 0 unspecified atom stereocenters. The standard InChI is InChI=1S/C12H14O2/c1-3-9-14-12(13)11-7-5-10(4-2)6-8-11/h3,5-8H,1,4,9H2,2H3. The quantitative estimate of drug-likeness (QED) is 0.539. The molecule has 2 nitrogen and oxygen atoms in total. The Hall–Kier alpha value is -1.57. The topological polar surface area (TPSA) is 26.3 Å². The van der Waals surface area contributed by atoms with Gasteiger partial charge in [-0.2, -0.15) is 0 Å². The summed E-state index contributed by atoms with van der Waals surface area (Å²) in [5.74, 6) is -0.299. The van der Waals surface area contributed by atoms with Crippen LogP contribution in [0.1, 0.15) is 22.8 Å². The summed E-state index contributed by atoms with van der Waals surface area (Å²) in [6, 6.07) is 7.43. The van der Waals surface area contributed by atoms with Gasteiger partial charge in [-0.25, -0.2) is 4.79 Å². The highest BCUT2D eigenvalue weighted by atomic mass is 16.5. The van der Waals surface area contributed by atoms with Gasteiger partial charge in [-0.1, -0.05) is 31.7 Å². The highest BCUT2D eigenvalue weighted by molar-refractivity contribution is 5.89. The summed E-state index contributed by atoms with van der Waals surface area (Å²) < 4.78 is 4.89. The fourth-order valence-electron chi connectivity index (χ4n) is 1.09. The van der Waals surface area contributed by atoms with Crippen LogP contribution in [0, 0.1) is 0 Å². The normalized spacial score (nSPS) is 9.50. The maximum Gasteiger partial charge on any atom is 0.338 e. The summed E-state index contributed by atoms with van der Waals surface area (Å²) >= 11 is 0. The van der Waals surface area contributed by atoms with Crippen LogP contribution in [-0.4, -0.2) is 12.6 Å². The minimum Gasteiger partial charge on any atom is -0.458 e. The highest BCUT2D eigenvalue weighted by Gasteiger charge is 2.04. The fraction of sp³-hybridized carbons (Fsp3) is 0.250. The van der Waals surface area contributed by atoms with Gasteiger partial charge in [0.1, 0.15) is 6.61 Å². The molecule has 0 N–H and O–H groups in total. The first-order valence-corrected chi connectivity index (χ1v) is 4.65. The Morgan fingerprint density at radius 2 is 2.07 bits per heavy atom. The number of carbonyl (C=O) groups excluding carboxylic acids is 1. The summed E-state index contributed by atoms with van der Waals surface area (Å²) in [6.07, 6.45) is 2.53. The lowest BCUT2D eigenvalue weighted by Gasteiger charge is -2.02. The predicted molar refractivity (Wildman–Crippen MR) is 56.3 cm³/mol. The van der Waals surface area contributed by atoms with E-state index in [2.05, 4.69) is 13.5 Å². The molecule has 74 valence electrons. The lowest BCUT2D eigenvalue weighted by molar-refractivity contribution is 0.0550. The van der Waals surface area contributed by atoms with Crippen LogP contribution in [-0.2, 0) is 11.2 Å². The first-order chi connectivity index (χ1) is 6.77. The Kier molecular flexibility index (Phi) is 3.92. The third-order valence-electron chi connectivity index (χ3n) is 1.93. The SMILES string of the molecule is C=CCOC(=O)c1ccc(CC)cc1. The van der Waals surface area contributed by atoms with E-state index < -0.39 is 0 Å². The number of hydrogen-bond donors (Lipinski definition) is 0. The van der Waals surface area contributed by atoms with Crippen molar-refractivity contribution in [3.63, 3.8) is 0 Å². The van der Waals surface area contributed by atoms with Gasteiger partial charge in [0.2, 0.25) is 0 Å². The monoisotopic (exact) mass is 190 g/mol. The third-order valence-corrected chi connectivity index (χ3v) is 1.93. The number of aryl methyl sites for hydroxylation is 1. The van der Waals surface area contributed by atoms with Crippen LogP contribution in [0.4, 0.5) is 0 Å². The van der Waals surface area contributed by atoms with E-state index in [1.165, 1.54) is 5.56 Å². The van der Waals surface area contributed by atoms with E-state index in [0.717, 1.165) is 6.42 Å². The van der Waals surface area contributed by atoms with Gasteiger partial charge in [0.15, 0.2) is 0 Å². The minimum atomic E-state index is -0.299. The number of benzene rings is 1. The summed E-state index contributed by atoms with van der Waals surface area (Å²) in [6.45, 7) is 5.81. The van der Waals surface area contributed by atoms with Crippen LogP contribution in [0.15, 0.2) is 36.9 Å². The molecule has 0 aromatic heterocycles. The lowest BCUT2D eigenvalue weighted by atomic mass is 10.1. The third kappa shape index (κ3) is 2.73. The number of hydrogen-bond acceptors (Lipinski definition) is 2. The second-order valence-corrected chi connectivity index (χ2v) is 2.94. The maximum atomic E-state index is 11.3. The molecule has 1 aromatic carbocycles. The Morgan fingerprint density at radius 3 is 2.57 bits per heavy atom. The van der Waals surface area contributed by atoms with Crippen molar-refractivity contribution in [3.05, 3.63) is 48.0 Å². The van der Waals surface area contributed by atoms with Gasteiger partial charge in [0.25, 0.3) is 0 Å². The van der Waals surface area contributed by atoms with Gasteiger partial charge in [-0.15, -0.1) is 0 Å². The summed E-state index contributed by atoms with van der Waals surface area (Å²) in [4.78, 5) is 11.3. The first kappa shape index (κ1) is 10.5. The zero-order valence-corrected chi connectivity index (χ0v) is 8.32. The van der Waals surface area contributed by atoms with Crippen molar-refractivity contribution >= 4 is 5.97 Å². The van der Waals surface area contributed by atoms with Crippen LogP contribution in [0.5, 0.6) is 0 Å². The lowest BCUT2D eigenvalue weighted by Crippen LogP contribution is -2.04. The minimum absolute atomic E-state index is 0.258. The largest absolute Gasteiger partial charge is 0.458 e. The van der Waals surface area contributed by atoms with Crippen molar-refractivity contribution in [2.45, 2.75) is 13.3 Å². The van der Waals surface area contributed by atoms with Gasteiger partial charge in [0, 0.05) is 0 Å². The Balaban J connectivity index is 2.66. The van der Waals surface area contributed by atoms with Crippen molar-refractivity contribution in [1.29, 1.82) is 0 Å². The Labute approximate surface area is 84.2 Å². The average Bonchev–Trinajstić information content (AvgIpc) is 2.26. The molecule has 1 rings (SSSR count). The van der Waals surface area contributed by atoms with Crippen LogP contribution in [0.25, 0.3) is 0 Å². The average molecular weight is 190 g/mol. The van der Waals surface area contributed by atoms with E-state index in [0.29, 0.717) is 5.56 Å². The molecule has 0 bridgehead atoms. The number of rotatable bonds is 4. The molecule has 0 heterocycles. The van der Waals surface area contributed by atoms with Crippen molar-refractivity contribution < 1.29 is 9.53 Å². The Morgan fingerprint density at radius 1 is 1.43 bits per heavy atom. The number of esters is 1. The van der Waals surface area contributed by atoms with Gasteiger partial charge >= 0.3 is 5.97 Å². The molecule has 0 aliphatic carbocycles. The molecule has 0 spiro atoms. The molecule has 0 atom stereocenters. The summed E-state index contributed by atoms with van der Waals surface area (Å²) in [5, 5.41) is 0. The van der Waals surface area contributed by atoms with E-state index in [1.54, 1.807) is 18.2 Å². The van der Waals surface area contributed by atoms with E-state index >= 15 is 0 Å². The molecule has 1 aromatic rings. The molecule has 0 amide bonds. The second kappa shape index (κ2) is 5.22. The molecule has 0 saturated heterocycles. The van der Waals surface area contributed by atoms with E-state index in [1.807, 2.05) is 12.1 Å². The number of ether oxygens (including phenoxy) is 1. The van der Waals surface area contributed by atoms with Crippen LogP contribution in [0.2, 0.25) is 0 Å². The van der Waals surface area contributed by atoms with Crippen molar-refractivity contribution in [3.8, 4) is 0 Å². The maximum absolute atomic E-state index is 11.3. The first-order valence-electron chi connectivity index (χ1n) is 4.65. The van der Waals surface area contributed by atoms with Gasteiger partial charge < -0.3 is 4.74 Å². The molecule has 2 heteroatoms. The Bertz CT molecular complexity index is 312. The van der Waals surface area contributed by atoms with E-state index in [9.17, 15) is 4.79 Å². The highest BCUT2D eigenvalue weighted by Crippen LogP contribution is 2.06. The van der Waals surface area contributed by atoms with Crippen molar-refractivity contribution in [2.24, 2.45) is 0 Å². The smallest absolute Gasteiger partial charge is 0.338 e. The number of carbonyl (C=O) groups is 1. The van der Waals surface area contributed by atoms with Gasteiger partial charge in [-0.05, 0) is 24.1 Å². The molecule has 0 saturated carbocycles. The zero-order valence-electron chi connectivity index (χ0n) is 8.32. The zero-order chi connectivity index (χ0) is 10.4. The van der Waals surface area contributed by atoms with Crippen LogP contribution >= 0.6 is 0 Å². The summed E-state index contributed by atoms with van der Waals surface area (Å²) in [7, 11) is 0. The van der Waals surface area contributed by atoms with Crippen LogP contribution < -0.4 is 0 Å². The van der Waals surface area contributed by atoms with Gasteiger partial charge in [0.05, 0.1) is 5.56 Å². The molecular weight excluding hydrogens is 176 g/mol. The van der Waals surface area contributed by atoms with Crippen molar-refractivity contribution in [1.82, 2.24) is 0 Å². The van der Waals surface area contributed by atoms with E-state index in [4.69, 9.17) is 4.74 Å². The molecule has 14 heavy (non-hydrogen) atoms. The van der Waals surface area contributed by atoms with Crippen LogP contribution in [0.3, 0.4) is 0 Å². The molecular formula is C12H14O2.